The van der Waals surface area contributed by atoms with Crippen LogP contribution >= 0.6 is 0 Å². The minimum Gasteiger partial charge on any atom is -0.478 e. The lowest BCUT2D eigenvalue weighted by atomic mass is 9.75. The lowest BCUT2D eigenvalue weighted by Crippen LogP contribution is -2.45. The molecule has 1 amide bonds. The number of pyridine rings is 1. The molecule has 3 N–H and O–H groups in total. The Bertz CT molecular complexity index is 537. The fourth-order valence-electron chi connectivity index (χ4n) is 2.71. The molecule has 1 aromatic heterocycles. The molecular formula is C15H21N3O3. The molecule has 1 aliphatic rings. The standard InChI is InChI=1S/C15H21N3O3/c1-10(2)15(4-6-16-9-15)14(21)18-8-12-7-11(13(19)20)3-5-17-12/h3,5,7,10,16H,4,6,8-9H2,1-2H3,(H,18,21)(H,19,20). The second-order valence-electron chi connectivity index (χ2n) is 5.76. The van der Waals surface area contributed by atoms with Gasteiger partial charge in [0.1, 0.15) is 0 Å². The smallest absolute Gasteiger partial charge is 0.335 e. The molecule has 0 saturated carbocycles. The normalized spacial score (nSPS) is 21.5. The zero-order valence-electron chi connectivity index (χ0n) is 12.3. The number of aromatic carboxylic acids is 1. The molecule has 0 spiro atoms. The number of carboxylic acid groups (broad SMARTS) is 1. The zero-order chi connectivity index (χ0) is 15.5. The van der Waals surface area contributed by atoms with E-state index in [1.54, 1.807) is 0 Å². The largest absolute Gasteiger partial charge is 0.478 e. The highest BCUT2D eigenvalue weighted by molar-refractivity contribution is 5.87. The van der Waals surface area contributed by atoms with Crippen molar-refractivity contribution in [3.05, 3.63) is 29.6 Å². The van der Waals surface area contributed by atoms with Gasteiger partial charge in [-0.2, -0.15) is 0 Å². The molecule has 1 aromatic rings. The summed E-state index contributed by atoms with van der Waals surface area (Å²) >= 11 is 0. The number of aromatic nitrogens is 1. The van der Waals surface area contributed by atoms with Crippen molar-refractivity contribution in [2.45, 2.75) is 26.8 Å². The fraction of sp³-hybridized carbons (Fsp3) is 0.533. The van der Waals surface area contributed by atoms with E-state index in [4.69, 9.17) is 5.11 Å². The Hall–Kier alpha value is -1.95. The highest BCUT2D eigenvalue weighted by Crippen LogP contribution is 2.34. The highest BCUT2D eigenvalue weighted by Gasteiger charge is 2.43. The average molecular weight is 291 g/mol. The number of hydrogen-bond acceptors (Lipinski definition) is 4. The maximum absolute atomic E-state index is 12.5. The van der Waals surface area contributed by atoms with Crippen molar-refractivity contribution in [3.63, 3.8) is 0 Å². The maximum Gasteiger partial charge on any atom is 0.335 e. The summed E-state index contributed by atoms with van der Waals surface area (Å²) in [4.78, 5) is 27.5. The zero-order valence-corrected chi connectivity index (χ0v) is 12.3. The summed E-state index contributed by atoms with van der Waals surface area (Å²) < 4.78 is 0. The quantitative estimate of drug-likeness (QED) is 0.753. The van der Waals surface area contributed by atoms with Crippen LogP contribution in [-0.2, 0) is 11.3 Å². The van der Waals surface area contributed by atoms with E-state index in [0.29, 0.717) is 12.2 Å². The van der Waals surface area contributed by atoms with E-state index in [9.17, 15) is 9.59 Å². The highest BCUT2D eigenvalue weighted by atomic mass is 16.4. The van der Waals surface area contributed by atoms with Gasteiger partial charge < -0.3 is 15.7 Å². The molecule has 1 atom stereocenters. The Labute approximate surface area is 124 Å². The van der Waals surface area contributed by atoms with Gasteiger partial charge in [-0.1, -0.05) is 13.8 Å². The molecular weight excluding hydrogens is 270 g/mol. The molecule has 6 heteroatoms. The first-order chi connectivity index (χ1) is 9.95. The van der Waals surface area contributed by atoms with Gasteiger partial charge in [0.05, 0.1) is 23.2 Å². The van der Waals surface area contributed by atoms with Crippen molar-refractivity contribution >= 4 is 11.9 Å². The van der Waals surface area contributed by atoms with E-state index in [1.165, 1.54) is 18.3 Å². The van der Waals surface area contributed by atoms with Crippen molar-refractivity contribution in [2.75, 3.05) is 13.1 Å². The first kappa shape index (κ1) is 15.4. The number of carboxylic acids is 1. The van der Waals surface area contributed by atoms with Crippen LogP contribution in [0.5, 0.6) is 0 Å². The molecule has 1 fully saturated rings. The topological polar surface area (TPSA) is 91.3 Å². The van der Waals surface area contributed by atoms with Crippen LogP contribution in [0.1, 0.15) is 36.3 Å². The van der Waals surface area contributed by atoms with Crippen LogP contribution in [0.15, 0.2) is 18.3 Å². The van der Waals surface area contributed by atoms with Crippen molar-refractivity contribution < 1.29 is 14.7 Å². The van der Waals surface area contributed by atoms with Gasteiger partial charge in [-0.15, -0.1) is 0 Å². The van der Waals surface area contributed by atoms with Crippen LogP contribution in [-0.4, -0.2) is 35.1 Å². The molecule has 2 heterocycles. The van der Waals surface area contributed by atoms with E-state index in [1.807, 2.05) is 0 Å². The van der Waals surface area contributed by atoms with Crippen molar-refractivity contribution in [2.24, 2.45) is 11.3 Å². The molecule has 0 radical (unpaired) electrons. The minimum absolute atomic E-state index is 0.00466. The summed E-state index contributed by atoms with van der Waals surface area (Å²) in [6.07, 6.45) is 2.26. The maximum atomic E-state index is 12.5. The predicted octanol–water partition coefficient (Wildman–Crippen LogP) is 1.03. The third-order valence-electron chi connectivity index (χ3n) is 4.24. The first-order valence-electron chi connectivity index (χ1n) is 7.13. The minimum atomic E-state index is -0.997. The summed E-state index contributed by atoms with van der Waals surface area (Å²) in [6.45, 7) is 5.87. The van der Waals surface area contributed by atoms with Crippen LogP contribution in [0.3, 0.4) is 0 Å². The Morgan fingerprint density at radius 1 is 1.52 bits per heavy atom. The number of rotatable bonds is 5. The van der Waals surface area contributed by atoms with E-state index < -0.39 is 5.97 Å². The predicted molar refractivity (Wildman–Crippen MR) is 77.8 cm³/mol. The summed E-state index contributed by atoms with van der Waals surface area (Å²) in [5.74, 6) is -0.750. The molecule has 6 nitrogen and oxygen atoms in total. The summed E-state index contributed by atoms with van der Waals surface area (Å²) in [5.41, 5.74) is 0.341. The van der Waals surface area contributed by atoms with E-state index in [-0.39, 0.29) is 29.3 Å². The van der Waals surface area contributed by atoms with Crippen LogP contribution in [0.4, 0.5) is 0 Å². The SMILES string of the molecule is CC(C)C1(C(=O)NCc2cc(C(=O)O)ccn2)CCNC1. The Morgan fingerprint density at radius 2 is 2.29 bits per heavy atom. The molecule has 0 aromatic carbocycles. The number of carbonyl (C=O) groups excluding carboxylic acids is 1. The second-order valence-corrected chi connectivity index (χ2v) is 5.76. The third kappa shape index (κ3) is 3.21. The monoisotopic (exact) mass is 291 g/mol. The third-order valence-corrected chi connectivity index (χ3v) is 4.24. The Morgan fingerprint density at radius 3 is 2.86 bits per heavy atom. The van der Waals surface area contributed by atoms with Crippen molar-refractivity contribution in [3.8, 4) is 0 Å². The lowest BCUT2D eigenvalue weighted by molar-refractivity contribution is -0.132. The summed E-state index contributed by atoms with van der Waals surface area (Å²) in [7, 11) is 0. The molecule has 1 aliphatic heterocycles. The number of nitrogens with zero attached hydrogens (tertiary/aromatic N) is 1. The van der Waals surface area contributed by atoms with Crippen molar-refractivity contribution in [1.29, 1.82) is 0 Å². The van der Waals surface area contributed by atoms with Gasteiger partial charge in [0, 0.05) is 12.7 Å². The molecule has 1 unspecified atom stereocenters. The Kier molecular flexibility index (Phi) is 4.57. The second kappa shape index (κ2) is 6.22. The van der Waals surface area contributed by atoms with E-state index in [2.05, 4.69) is 29.5 Å². The number of nitrogens with one attached hydrogen (secondary N) is 2. The summed E-state index contributed by atoms with van der Waals surface area (Å²) in [6, 6.07) is 2.92. The van der Waals surface area contributed by atoms with E-state index >= 15 is 0 Å². The van der Waals surface area contributed by atoms with Gasteiger partial charge in [0.15, 0.2) is 0 Å². The number of carbonyl (C=O) groups is 2. The van der Waals surface area contributed by atoms with Crippen LogP contribution in [0, 0.1) is 11.3 Å². The van der Waals surface area contributed by atoms with Crippen LogP contribution in [0.25, 0.3) is 0 Å². The van der Waals surface area contributed by atoms with Crippen molar-refractivity contribution in [1.82, 2.24) is 15.6 Å². The van der Waals surface area contributed by atoms with Gasteiger partial charge in [0.2, 0.25) is 5.91 Å². The first-order valence-corrected chi connectivity index (χ1v) is 7.13. The van der Waals surface area contributed by atoms with Crippen LogP contribution < -0.4 is 10.6 Å². The molecule has 21 heavy (non-hydrogen) atoms. The molecule has 114 valence electrons. The Balaban J connectivity index is 2.04. The molecule has 1 saturated heterocycles. The molecule has 0 aliphatic carbocycles. The van der Waals surface area contributed by atoms with Gasteiger partial charge in [0.25, 0.3) is 0 Å². The number of hydrogen-bond donors (Lipinski definition) is 3. The van der Waals surface area contributed by atoms with Gasteiger partial charge in [-0.25, -0.2) is 4.79 Å². The van der Waals surface area contributed by atoms with Crippen LogP contribution in [0.2, 0.25) is 0 Å². The van der Waals surface area contributed by atoms with Gasteiger partial charge in [-0.3, -0.25) is 9.78 Å². The average Bonchev–Trinajstić information content (AvgIpc) is 2.96. The van der Waals surface area contributed by atoms with Gasteiger partial charge in [-0.05, 0) is 31.0 Å². The lowest BCUT2D eigenvalue weighted by Gasteiger charge is -2.31. The number of amides is 1. The molecule has 0 bridgehead atoms. The summed E-state index contributed by atoms with van der Waals surface area (Å²) in [5, 5.41) is 15.1. The molecule has 2 rings (SSSR count). The fourth-order valence-corrected chi connectivity index (χ4v) is 2.71. The van der Waals surface area contributed by atoms with Gasteiger partial charge >= 0.3 is 5.97 Å². The van der Waals surface area contributed by atoms with E-state index in [0.717, 1.165) is 13.0 Å².